The number of aromatic nitrogens is 4. The van der Waals surface area contributed by atoms with Gasteiger partial charge in [0.1, 0.15) is 12.0 Å². The third kappa shape index (κ3) is 1.85. The molecule has 2 N–H and O–H groups in total. The van der Waals surface area contributed by atoms with Crippen molar-refractivity contribution in [3.63, 3.8) is 0 Å². The molecule has 0 atom stereocenters. The van der Waals surface area contributed by atoms with E-state index in [1.54, 1.807) is 25.5 Å². The largest absolute Gasteiger partial charge is 0.364 e. The minimum absolute atomic E-state index is 0.217. The van der Waals surface area contributed by atoms with Crippen molar-refractivity contribution in [3.8, 4) is 11.4 Å². The molecule has 6 heteroatoms. The van der Waals surface area contributed by atoms with E-state index in [0.717, 1.165) is 0 Å². The molecule has 0 unspecified atom stereocenters. The molecule has 80 valence electrons. The highest BCUT2D eigenvalue weighted by atomic mass is 16.1. The van der Waals surface area contributed by atoms with Gasteiger partial charge in [0.15, 0.2) is 5.82 Å². The highest BCUT2D eigenvalue weighted by Gasteiger charge is 2.10. The summed E-state index contributed by atoms with van der Waals surface area (Å²) in [6.45, 7) is 1.73. The van der Waals surface area contributed by atoms with Crippen LogP contribution in [0.25, 0.3) is 11.4 Å². The lowest BCUT2D eigenvalue weighted by Crippen LogP contribution is -2.15. The predicted octanol–water partition coefficient (Wildman–Crippen LogP) is 0.341. The summed E-state index contributed by atoms with van der Waals surface area (Å²) in [5.74, 6) is -0.182. The van der Waals surface area contributed by atoms with Gasteiger partial charge >= 0.3 is 0 Å². The summed E-state index contributed by atoms with van der Waals surface area (Å²) in [6.07, 6.45) is 6.10. The van der Waals surface area contributed by atoms with Crippen molar-refractivity contribution in [1.29, 1.82) is 0 Å². The molecule has 0 bridgehead atoms. The van der Waals surface area contributed by atoms with Gasteiger partial charge in [0.25, 0.3) is 5.91 Å². The van der Waals surface area contributed by atoms with Crippen LogP contribution < -0.4 is 5.73 Å². The Bertz CT molecular complexity index is 526. The summed E-state index contributed by atoms with van der Waals surface area (Å²) in [5, 5.41) is 0. The Kier molecular flexibility index (Phi) is 2.55. The molecule has 0 aliphatic rings. The molecule has 0 saturated heterocycles. The van der Waals surface area contributed by atoms with E-state index in [4.69, 9.17) is 5.73 Å². The molecule has 6 nitrogen and oxygen atoms in total. The van der Waals surface area contributed by atoms with Gasteiger partial charge in [-0.25, -0.2) is 19.9 Å². The molecule has 16 heavy (non-hydrogen) atoms. The Morgan fingerprint density at radius 3 is 2.56 bits per heavy atom. The van der Waals surface area contributed by atoms with E-state index in [1.807, 2.05) is 0 Å². The van der Waals surface area contributed by atoms with Gasteiger partial charge in [-0.05, 0) is 12.5 Å². The van der Waals surface area contributed by atoms with Crippen LogP contribution in [0.3, 0.4) is 0 Å². The Hall–Kier alpha value is -2.37. The molecule has 2 heterocycles. The standard InChI is InChI=1S/C10H9N5O/c1-6-2-14-10(15-8(6)9(11)16)7-3-12-5-13-4-7/h2-5H,1H3,(H2,11,16). The topological polar surface area (TPSA) is 94.7 Å². The van der Waals surface area contributed by atoms with Gasteiger partial charge in [0.05, 0.1) is 5.56 Å². The SMILES string of the molecule is Cc1cnc(-c2cncnc2)nc1C(N)=O. The maximum Gasteiger partial charge on any atom is 0.267 e. The Labute approximate surface area is 91.6 Å². The van der Waals surface area contributed by atoms with Gasteiger partial charge in [-0.1, -0.05) is 0 Å². The first-order chi connectivity index (χ1) is 7.68. The maximum atomic E-state index is 11.1. The van der Waals surface area contributed by atoms with Gasteiger partial charge in [0, 0.05) is 18.6 Å². The van der Waals surface area contributed by atoms with Crippen molar-refractivity contribution in [2.75, 3.05) is 0 Å². The zero-order valence-corrected chi connectivity index (χ0v) is 8.58. The number of carbonyl (C=O) groups excluding carboxylic acids is 1. The lowest BCUT2D eigenvalue weighted by atomic mass is 10.2. The molecule has 0 fully saturated rings. The third-order valence-corrected chi connectivity index (χ3v) is 2.02. The molecule has 0 saturated carbocycles. The summed E-state index contributed by atoms with van der Waals surface area (Å²) in [5.41, 5.74) is 6.71. The smallest absolute Gasteiger partial charge is 0.267 e. The monoisotopic (exact) mass is 215 g/mol. The summed E-state index contributed by atoms with van der Waals surface area (Å²) < 4.78 is 0. The zero-order valence-electron chi connectivity index (χ0n) is 8.58. The number of amides is 1. The number of carbonyl (C=O) groups is 1. The van der Waals surface area contributed by atoms with Crippen LogP contribution in [0.5, 0.6) is 0 Å². The Morgan fingerprint density at radius 2 is 1.94 bits per heavy atom. The summed E-state index contributed by atoms with van der Waals surface area (Å²) >= 11 is 0. The molecule has 2 aromatic rings. The number of rotatable bonds is 2. The molecule has 0 aromatic carbocycles. The molecular weight excluding hydrogens is 206 g/mol. The van der Waals surface area contributed by atoms with Gasteiger partial charge in [0.2, 0.25) is 0 Å². The second kappa shape index (κ2) is 4.01. The first kappa shape index (κ1) is 10.2. The second-order valence-electron chi connectivity index (χ2n) is 3.22. The van der Waals surface area contributed by atoms with Gasteiger partial charge < -0.3 is 5.73 Å². The van der Waals surface area contributed by atoms with Gasteiger partial charge in [-0.3, -0.25) is 4.79 Å². The molecule has 0 aliphatic carbocycles. The highest BCUT2D eigenvalue weighted by molar-refractivity contribution is 5.92. The van der Waals surface area contributed by atoms with Crippen molar-refractivity contribution in [1.82, 2.24) is 19.9 Å². The van der Waals surface area contributed by atoms with Gasteiger partial charge in [-0.2, -0.15) is 0 Å². The predicted molar refractivity (Wildman–Crippen MR) is 56.3 cm³/mol. The maximum absolute atomic E-state index is 11.1. The lowest BCUT2D eigenvalue weighted by Gasteiger charge is -2.03. The van der Waals surface area contributed by atoms with Crippen LogP contribution in [0.2, 0.25) is 0 Å². The van der Waals surface area contributed by atoms with Crippen LogP contribution in [0.15, 0.2) is 24.9 Å². The Balaban J connectivity index is 2.52. The molecule has 0 aliphatic heterocycles. The average Bonchev–Trinajstić information content (AvgIpc) is 2.30. The van der Waals surface area contributed by atoms with E-state index in [9.17, 15) is 4.79 Å². The van der Waals surface area contributed by atoms with Crippen molar-refractivity contribution in [3.05, 3.63) is 36.2 Å². The van der Waals surface area contributed by atoms with E-state index in [1.165, 1.54) is 6.33 Å². The average molecular weight is 215 g/mol. The first-order valence-corrected chi connectivity index (χ1v) is 4.57. The summed E-state index contributed by atoms with van der Waals surface area (Å²) in [7, 11) is 0. The highest BCUT2D eigenvalue weighted by Crippen LogP contribution is 2.13. The number of aryl methyl sites for hydroxylation is 1. The number of nitrogens with zero attached hydrogens (tertiary/aromatic N) is 4. The van der Waals surface area contributed by atoms with E-state index < -0.39 is 5.91 Å². The van der Waals surface area contributed by atoms with Crippen molar-refractivity contribution in [2.24, 2.45) is 5.73 Å². The van der Waals surface area contributed by atoms with Crippen molar-refractivity contribution < 1.29 is 4.79 Å². The molecular formula is C10H9N5O. The quantitative estimate of drug-likeness (QED) is 0.779. The van der Waals surface area contributed by atoms with Crippen LogP contribution in [0, 0.1) is 6.92 Å². The van der Waals surface area contributed by atoms with Crippen LogP contribution in [-0.2, 0) is 0 Å². The van der Waals surface area contributed by atoms with Crippen LogP contribution in [0.4, 0.5) is 0 Å². The molecule has 2 rings (SSSR count). The minimum atomic E-state index is -0.571. The van der Waals surface area contributed by atoms with Crippen molar-refractivity contribution >= 4 is 5.91 Å². The number of hydrogen-bond acceptors (Lipinski definition) is 5. The fraction of sp³-hybridized carbons (Fsp3) is 0.100. The molecule has 0 radical (unpaired) electrons. The normalized spacial score (nSPS) is 10.1. The minimum Gasteiger partial charge on any atom is -0.364 e. The molecule has 1 amide bonds. The first-order valence-electron chi connectivity index (χ1n) is 4.57. The van der Waals surface area contributed by atoms with Gasteiger partial charge in [-0.15, -0.1) is 0 Å². The van der Waals surface area contributed by atoms with Crippen LogP contribution >= 0.6 is 0 Å². The molecule has 2 aromatic heterocycles. The number of primary amides is 1. The summed E-state index contributed by atoms with van der Waals surface area (Å²) in [6, 6.07) is 0. The second-order valence-corrected chi connectivity index (χ2v) is 3.22. The lowest BCUT2D eigenvalue weighted by molar-refractivity contribution is 0.0995. The van der Waals surface area contributed by atoms with E-state index in [-0.39, 0.29) is 5.69 Å². The summed E-state index contributed by atoms with van der Waals surface area (Å²) in [4.78, 5) is 27.0. The Morgan fingerprint density at radius 1 is 1.25 bits per heavy atom. The number of hydrogen-bond donors (Lipinski definition) is 1. The van der Waals surface area contributed by atoms with E-state index >= 15 is 0 Å². The fourth-order valence-corrected chi connectivity index (χ4v) is 1.25. The number of nitrogens with two attached hydrogens (primary N) is 1. The van der Waals surface area contributed by atoms with Crippen LogP contribution in [-0.4, -0.2) is 25.8 Å². The van der Waals surface area contributed by atoms with Crippen molar-refractivity contribution in [2.45, 2.75) is 6.92 Å². The van der Waals surface area contributed by atoms with Crippen LogP contribution in [0.1, 0.15) is 16.1 Å². The zero-order chi connectivity index (χ0) is 11.5. The third-order valence-electron chi connectivity index (χ3n) is 2.02. The van der Waals surface area contributed by atoms with E-state index in [0.29, 0.717) is 17.0 Å². The molecule has 0 spiro atoms. The fourth-order valence-electron chi connectivity index (χ4n) is 1.25. The van der Waals surface area contributed by atoms with E-state index in [2.05, 4.69) is 19.9 Å².